The second-order valence-electron chi connectivity index (χ2n) is 4.27. The molecule has 0 aliphatic rings. The molecule has 2 aromatic rings. The van der Waals surface area contributed by atoms with E-state index in [1.54, 1.807) is 23.5 Å². The molecule has 0 fully saturated rings. The van der Waals surface area contributed by atoms with Crippen LogP contribution in [0.25, 0.3) is 0 Å². The zero-order valence-electron chi connectivity index (χ0n) is 10.6. The lowest BCUT2D eigenvalue weighted by Gasteiger charge is -2.27. The number of hydrogen-bond acceptors (Lipinski definition) is 3. The highest BCUT2D eigenvalue weighted by Gasteiger charge is 2.16. The number of aromatic carboxylic acids is 1. The van der Waals surface area contributed by atoms with Crippen molar-refractivity contribution < 1.29 is 9.90 Å². The molecule has 3 nitrogen and oxygen atoms in total. The summed E-state index contributed by atoms with van der Waals surface area (Å²) < 4.78 is 0.790. The van der Waals surface area contributed by atoms with Crippen molar-refractivity contribution in [2.24, 2.45) is 0 Å². The molecule has 2 rings (SSSR count). The van der Waals surface area contributed by atoms with Gasteiger partial charge in [0.05, 0.1) is 17.3 Å². The van der Waals surface area contributed by atoms with Crippen molar-refractivity contribution in [1.82, 2.24) is 0 Å². The monoisotopic (exact) mass is 339 g/mol. The van der Waals surface area contributed by atoms with Crippen LogP contribution in [0, 0.1) is 0 Å². The third-order valence-corrected chi connectivity index (χ3v) is 4.79. The van der Waals surface area contributed by atoms with Gasteiger partial charge in [-0.1, -0.05) is 6.07 Å². The molecule has 1 heterocycles. The molecule has 1 aromatic carbocycles. The smallest absolute Gasteiger partial charge is 0.335 e. The Kier molecular flexibility index (Phi) is 4.27. The van der Waals surface area contributed by atoms with Crippen LogP contribution in [0.5, 0.6) is 0 Å². The maximum atomic E-state index is 10.9. The Hall–Kier alpha value is -1.33. The van der Waals surface area contributed by atoms with Crippen molar-refractivity contribution in [3.05, 3.63) is 50.6 Å². The minimum absolute atomic E-state index is 0.243. The molecule has 1 aromatic heterocycles. The van der Waals surface area contributed by atoms with Crippen LogP contribution >= 0.6 is 27.3 Å². The fraction of sp³-hybridized carbons (Fsp3) is 0.214. The number of carbonyl (C=O) groups is 1. The Morgan fingerprint density at radius 3 is 2.68 bits per heavy atom. The Labute approximate surface area is 124 Å². The van der Waals surface area contributed by atoms with Gasteiger partial charge in [0.25, 0.3) is 0 Å². The SMILES string of the molecule is CC(c1cccs1)N(C)c1ccc(C(=O)O)cc1Br. The lowest BCUT2D eigenvalue weighted by Crippen LogP contribution is -2.21. The summed E-state index contributed by atoms with van der Waals surface area (Å²) in [6.07, 6.45) is 0. The molecule has 1 N–H and O–H groups in total. The van der Waals surface area contributed by atoms with E-state index in [2.05, 4.69) is 39.2 Å². The van der Waals surface area contributed by atoms with Crippen molar-refractivity contribution >= 4 is 38.9 Å². The largest absolute Gasteiger partial charge is 0.478 e. The van der Waals surface area contributed by atoms with Gasteiger partial charge in [0.1, 0.15) is 0 Å². The van der Waals surface area contributed by atoms with Crippen LogP contribution < -0.4 is 4.90 Å². The number of hydrogen-bond donors (Lipinski definition) is 1. The van der Waals surface area contributed by atoms with Gasteiger partial charge >= 0.3 is 5.97 Å². The standard InChI is InChI=1S/C14H14BrNO2S/c1-9(13-4-3-7-19-13)16(2)12-6-5-10(14(17)18)8-11(12)15/h3-9H,1-2H3,(H,17,18). The van der Waals surface area contributed by atoms with E-state index in [0.717, 1.165) is 10.2 Å². The summed E-state index contributed by atoms with van der Waals surface area (Å²) >= 11 is 5.16. The second-order valence-corrected chi connectivity index (χ2v) is 6.11. The Bertz CT molecular complexity index is 583. The topological polar surface area (TPSA) is 40.5 Å². The van der Waals surface area contributed by atoms with Crippen LogP contribution in [-0.4, -0.2) is 18.1 Å². The summed E-state index contributed by atoms with van der Waals surface area (Å²) in [5.74, 6) is -0.916. The van der Waals surface area contributed by atoms with E-state index in [0.29, 0.717) is 0 Å². The number of carboxylic acids is 1. The third kappa shape index (κ3) is 2.98. The van der Waals surface area contributed by atoms with Crippen LogP contribution in [0.3, 0.4) is 0 Å². The molecular weight excluding hydrogens is 326 g/mol. The first-order chi connectivity index (χ1) is 9.00. The lowest BCUT2D eigenvalue weighted by atomic mass is 10.1. The van der Waals surface area contributed by atoms with Gasteiger partial charge in [-0.3, -0.25) is 0 Å². The van der Waals surface area contributed by atoms with Gasteiger partial charge in [-0.25, -0.2) is 4.79 Å². The second kappa shape index (κ2) is 5.75. The summed E-state index contributed by atoms with van der Waals surface area (Å²) in [5.41, 5.74) is 1.26. The number of anilines is 1. The zero-order chi connectivity index (χ0) is 14.0. The fourth-order valence-electron chi connectivity index (χ4n) is 1.85. The lowest BCUT2D eigenvalue weighted by molar-refractivity contribution is 0.0697. The number of halogens is 1. The van der Waals surface area contributed by atoms with Gasteiger partial charge in [-0.2, -0.15) is 0 Å². The first kappa shape index (κ1) is 14.1. The van der Waals surface area contributed by atoms with Gasteiger partial charge in [-0.15, -0.1) is 11.3 Å². The minimum atomic E-state index is -0.916. The molecule has 100 valence electrons. The molecule has 0 aliphatic carbocycles. The van der Waals surface area contributed by atoms with Gasteiger partial charge in [0, 0.05) is 16.4 Å². The predicted octanol–water partition coefficient (Wildman–Crippen LogP) is 4.41. The molecule has 1 atom stereocenters. The number of carboxylic acid groups (broad SMARTS) is 1. The van der Waals surface area contributed by atoms with Crippen LogP contribution in [0.4, 0.5) is 5.69 Å². The maximum absolute atomic E-state index is 10.9. The number of rotatable bonds is 4. The van der Waals surface area contributed by atoms with Gasteiger partial charge < -0.3 is 10.0 Å². The molecular formula is C14H14BrNO2S. The molecule has 0 radical (unpaired) electrons. The number of nitrogens with zero attached hydrogens (tertiary/aromatic N) is 1. The quantitative estimate of drug-likeness (QED) is 0.896. The van der Waals surface area contributed by atoms with E-state index >= 15 is 0 Å². The average Bonchev–Trinajstić information content (AvgIpc) is 2.90. The molecule has 5 heteroatoms. The summed E-state index contributed by atoms with van der Waals surface area (Å²) in [7, 11) is 2.00. The summed E-state index contributed by atoms with van der Waals surface area (Å²) in [6, 6.07) is 9.47. The van der Waals surface area contributed by atoms with Gasteiger partial charge in [0.2, 0.25) is 0 Å². The third-order valence-electron chi connectivity index (χ3n) is 3.11. The molecule has 0 bridgehead atoms. The molecule has 0 saturated heterocycles. The van der Waals surface area contributed by atoms with Crippen LogP contribution in [-0.2, 0) is 0 Å². The average molecular weight is 340 g/mol. The van der Waals surface area contributed by atoms with Crippen molar-refractivity contribution in [3.63, 3.8) is 0 Å². The highest BCUT2D eigenvalue weighted by molar-refractivity contribution is 9.10. The van der Waals surface area contributed by atoms with Gasteiger partial charge in [-0.05, 0) is 52.5 Å². The molecule has 0 aliphatic heterocycles. The van der Waals surface area contributed by atoms with Crippen molar-refractivity contribution in [2.45, 2.75) is 13.0 Å². The van der Waals surface area contributed by atoms with Crippen LogP contribution in [0.2, 0.25) is 0 Å². The fourth-order valence-corrected chi connectivity index (χ4v) is 3.34. The molecule has 0 amide bonds. The zero-order valence-corrected chi connectivity index (χ0v) is 13.0. The predicted molar refractivity (Wildman–Crippen MR) is 82.2 cm³/mol. The van der Waals surface area contributed by atoms with Crippen molar-refractivity contribution in [1.29, 1.82) is 0 Å². The van der Waals surface area contributed by atoms with Crippen molar-refractivity contribution in [2.75, 3.05) is 11.9 Å². The normalized spacial score (nSPS) is 12.2. The Morgan fingerprint density at radius 2 is 2.16 bits per heavy atom. The van der Waals surface area contributed by atoms with E-state index in [4.69, 9.17) is 5.11 Å². The summed E-state index contributed by atoms with van der Waals surface area (Å²) in [6.45, 7) is 2.13. The van der Waals surface area contributed by atoms with Crippen molar-refractivity contribution in [3.8, 4) is 0 Å². The molecule has 0 saturated carbocycles. The highest BCUT2D eigenvalue weighted by atomic mass is 79.9. The minimum Gasteiger partial charge on any atom is -0.478 e. The van der Waals surface area contributed by atoms with Crippen LogP contribution in [0.15, 0.2) is 40.2 Å². The van der Waals surface area contributed by atoms with Crippen LogP contribution in [0.1, 0.15) is 28.2 Å². The van der Waals surface area contributed by atoms with E-state index in [-0.39, 0.29) is 11.6 Å². The van der Waals surface area contributed by atoms with E-state index in [9.17, 15) is 4.79 Å². The van der Waals surface area contributed by atoms with E-state index in [1.807, 2.05) is 19.2 Å². The molecule has 1 unspecified atom stereocenters. The first-order valence-electron chi connectivity index (χ1n) is 5.79. The summed E-state index contributed by atoms with van der Waals surface area (Å²) in [5, 5.41) is 11.0. The number of benzene rings is 1. The van der Waals surface area contributed by atoms with E-state index < -0.39 is 5.97 Å². The summed E-state index contributed by atoms with van der Waals surface area (Å²) in [4.78, 5) is 14.3. The highest BCUT2D eigenvalue weighted by Crippen LogP contribution is 2.33. The van der Waals surface area contributed by atoms with Gasteiger partial charge in [0.15, 0.2) is 0 Å². The molecule has 19 heavy (non-hydrogen) atoms. The maximum Gasteiger partial charge on any atom is 0.335 e. The number of thiophene rings is 1. The molecule has 0 spiro atoms. The van der Waals surface area contributed by atoms with E-state index in [1.165, 1.54) is 4.88 Å². The first-order valence-corrected chi connectivity index (χ1v) is 7.47. The Morgan fingerprint density at radius 1 is 1.42 bits per heavy atom. The Balaban J connectivity index is 2.29.